The monoisotopic (exact) mass is 563 g/mol. The van der Waals surface area contributed by atoms with Crippen LogP contribution in [-0.4, -0.2) is 49.1 Å². The normalized spacial score (nSPS) is 12.0. The summed E-state index contributed by atoms with van der Waals surface area (Å²) in [5, 5.41) is 43.0. The Morgan fingerprint density at radius 3 is 2.38 bits per heavy atom. The number of aromatic nitrogens is 6. The van der Waals surface area contributed by atoms with Gasteiger partial charge in [0, 0.05) is 27.2 Å². The molecule has 0 fully saturated rings. The molecule has 0 unspecified atom stereocenters. The van der Waals surface area contributed by atoms with Crippen molar-refractivity contribution in [3.63, 3.8) is 0 Å². The van der Waals surface area contributed by atoms with Crippen molar-refractivity contribution in [2.75, 3.05) is 19.0 Å². The van der Waals surface area contributed by atoms with Crippen LogP contribution >= 0.6 is 34.8 Å². The van der Waals surface area contributed by atoms with Crippen LogP contribution in [0.15, 0.2) is 53.5 Å². The number of hydrogen-bond donors (Lipinski definition) is 1. The van der Waals surface area contributed by atoms with Gasteiger partial charge in [-0.25, -0.2) is 9.67 Å². The zero-order valence-electron chi connectivity index (χ0n) is 19.5. The molecule has 1 N–H and O–H groups in total. The lowest BCUT2D eigenvalue weighted by atomic mass is 10.1. The number of anilines is 1. The lowest BCUT2D eigenvalue weighted by Crippen LogP contribution is -2.09. The van der Waals surface area contributed by atoms with E-state index in [0.29, 0.717) is 17.3 Å². The van der Waals surface area contributed by atoms with Crippen molar-refractivity contribution >= 4 is 75.2 Å². The fourth-order valence-electron chi connectivity index (χ4n) is 2.85. The summed E-state index contributed by atoms with van der Waals surface area (Å²) in [4.78, 5) is 13.3. The quantitative estimate of drug-likeness (QED) is 0.143. The topological polar surface area (TPSA) is 180 Å². The lowest BCUT2D eigenvalue weighted by Gasteiger charge is -2.18. The van der Waals surface area contributed by atoms with E-state index in [1.54, 1.807) is 45.2 Å². The second-order valence-corrected chi connectivity index (χ2v) is 8.39. The number of aryl methyl sites for hydroxylation is 2. The summed E-state index contributed by atoms with van der Waals surface area (Å²) in [5.41, 5.74) is 0.523. The van der Waals surface area contributed by atoms with Crippen molar-refractivity contribution in [2.24, 2.45) is 37.7 Å². The third-order valence-electron chi connectivity index (χ3n) is 4.48. The molecule has 0 aliphatic rings. The van der Waals surface area contributed by atoms with E-state index in [4.69, 9.17) is 39.3 Å². The summed E-state index contributed by atoms with van der Waals surface area (Å²) in [6, 6.07) is 2.97. The van der Waals surface area contributed by atoms with Crippen LogP contribution in [0, 0.1) is 6.92 Å². The number of benzene rings is 1. The van der Waals surface area contributed by atoms with E-state index in [1.807, 2.05) is 0 Å². The molecule has 3 aromatic heterocycles. The number of hydrogen-bond acceptors (Lipinski definition) is 14. The van der Waals surface area contributed by atoms with Crippen LogP contribution in [0.3, 0.4) is 0 Å². The molecule has 0 spiro atoms. The Morgan fingerprint density at radius 2 is 1.73 bits per heavy atom. The molecule has 0 aliphatic carbocycles. The van der Waals surface area contributed by atoms with E-state index < -0.39 is 0 Å². The maximum absolute atomic E-state index is 11.1. The lowest BCUT2D eigenvalue weighted by molar-refractivity contribution is 0.421. The van der Waals surface area contributed by atoms with Crippen molar-refractivity contribution in [3.05, 3.63) is 39.6 Å². The molecule has 0 amide bonds. The van der Waals surface area contributed by atoms with Gasteiger partial charge in [0.05, 0.1) is 11.9 Å². The molecule has 0 atom stereocenters. The number of rotatable bonds is 7. The molecule has 0 radical (unpaired) electrons. The first-order chi connectivity index (χ1) is 17.6. The van der Waals surface area contributed by atoms with Crippen LogP contribution in [0.25, 0.3) is 0 Å². The molecule has 0 aliphatic heterocycles. The summed E-state index contributed by atoms with van der Waals surface area (Å²) in [6.45, 7) is 1.64. The number of aromatic hydroxyl groups is 1. The molecular formula is C19H16Cl3N13O2. The molecule has 4 aromatic rings. The molecule has 18 heteroatoms. The SMILES string of the molecule is Cc1noc(/N=N/c2cc(/N=N/c3nc(Cl)nc(Cl)c3Cl)c(O)c(/N=N/c3ccnn3C)c2N(C)C)n1. The number of azo groups is 3. The molecule has 0 bridgehead atoms. The molecule has 4 rings (SSSR count). The van der Waals surface area contributed by atoms with Crippen LogP contribution in [0.1, 0.15) is 5.82 Å². The second kappa shape index (κ2) is 10.9. The highest BCUT2D eigenvalue weighted by Gasteiger charge is 2.21. The van der Waals surface area contributed by atoms with Crippen LogP contribution in [-0.2, 0) is 7.05 Å². The highest BCUT2D eigenvalue weighted by molar-refractivity contribution is 6.43. The van der Waals surface area contributed by atoms with Gasteiger partial charge in [0.15, 0.2) is 34.1 Å². The van der Waals surface area contributed by atoms with E-state index in [9.17, 15) is 5.11 Å². The van der Waals surface area contributed by atoms with Gasteiger partial charge < -0.3 is 14.5 Å². The molecule has 3 heterocycles. The van der Waals surface area contributed by atoms with Gasteiger partial charge in [-0.15, -0.1) is 25.6 Å². The Morgan fingerprint density at radius 1 is 0.973 bits per heavy atom. The Balaban J connectivity index is 1.88. The summed E-state index contributed by atoms with van der Waals surface area (Å²) in [7, 11) is 5.14. The molecule has 0 saturated heterocycles. The van der Waals surface area contributed by atoms with Crippen LogP contribution < -0.4 is 4.90 Å². The zero-order valence-corrected chi connectivity index (χ0v) is 21.8. The molecule has 190 valence electrons. The van der Waals surface area contributed by atoms with Gasteiger partial charge in [0.1, 0.15) is 16.4 Å². The molecular weight excluding hydrogens is 549 g/mol. The largest absolute Gasteiger partial charge is 0.504 e. The first kappa shape index (κ1) is 26.0. The first-order valence-electron chi connectivity index (χ1n) is 10.1. The molecule has 0 saturated carbocycles. The fourth-order valence-corrected chi connectivity index (χ4v) is 3.34. The van der Waals surface area contributed by atoms with E-state index in [2.05, 4.69) is 55.9 Å². The van der Waals surface area contributed by atoms with Gasteiger partial charge in [-0.1, -0.05) is 33.5 Å². The van der Waals surface area contributed by atoms with Gasteiger partial charge >= 0.3 is 6.01 Å². The van der Waals surface area contributed by atoms with E-state index in [-0.39, 0.29) is 50.1 Å². The summed E-state index contributed by atoms with van der Waals surface area (Å²) in [6.07, 6.45) is 1.56. The standard InChI is InChI=1S/C19H16Cl3N13O2/c1-8-24-19(37-33-8)32-27-9-7-10(28-31-17-12(20)16(21)25-18(22)26-17)15(36)13(14(9)34(2)3)30-29-11-5-6-23-35(11)4/h5-7,36H,1-4H3/b30-29+,31-28+,32-27+. The fraction of sp³-hybridized carbons (Fsp3) is 0.211. The summed E-state index contributed by atoms with van der Waals surface area (Å²) >= 11 is 17.9. The Labute approximate surface area is 223 Å². The van der Waals surface area contributed by atoms with Crippen molar-refractivity contribution in [3.8, 4) is 5.75 Å². The highest BCUT2D eigenvalue weighted by atomic mass is 35.5. The van der Waals surface area contributed by atoms with Crippen LogP contribution in [0.5, 0.6) is 5.75 Å². The number of phenols is 1. The maximum atomic E-state index is 11.1. The number of nitrogens with zero attached hydrogens (tertiary/aromatic N) is 13. The second-order valence-electron chi connectivity index (χ2n) is 7.31. The smallest absolute Gasteiger partial charge is 0.366 e. The van der Waals surface area contributed by atoms with Gasteiger partial charge in [-0.2, -0.15) is 15.1 Å². The van der Waals surface area contributed by atoms with Crippen molar-refractivity contribution < 1.29 is 9.63 Å². The summed E-state index contributed by atoms with van der Waals surface area (Å²) < 4.78 is 6.49. The third-order valence-corrected chi connectivity index (χ3v) is 5.37. The predicted octanol–water partition coefficient (Wildman–Crippen LogP) is 6.88. The average molecular weight is 565 g/mol. The first-order valence-corrected chi connectivity index (χ1v) is 11.3. The number of halogens is 3. The van der Waals surface area contributed by atoms with Crippen molar-refractivity contribution in [2.45, 2.75) is 6.92 Å². The Hall–Kier alpha value is -4.08. The third kappa shape index (κ3) is 5.84. The predicted molar refractivity (Wildman–Crippen MR) is 134 cm³/mol. The number of phenolic OH excluding ortho intramolecular Hbond substituents is 1. The van der Waals surface area contributed by atoms with Crippen molar-refractivity contribution in [1.29, 1.82) is 0 Å². The van der Waals surface area contributed by atoms with Crippen molar-refractivity contribution in [1.82, 2.24) is 29.9 Å². The van der Waals surface area contributed by atoms with E-state index >= 15 is 0 Å². The van der Waals surface area contributed by atoms with E-state index in [0.717, 1.165) is 0 Å². The minimum Gasteiger partial charge on any atom is -0.504 e. The average Bonchev–Trinajstić information content (AvgIpc) is 3.46. The van der Waals surface area contributed by atoms with Gasteiger partial charge in [0.2, 0.25) is 5.28 Å². The van der Waals surface area contributed by atoms with Crippen LogP contribution in [0.4, 0.5) is 40.4 Å². The Bertz CT molecular complexity index is 1540. The Kier molecular flexibility index (Phi) is 7.66. The highest BCUT2D eigenvalue weighted by Crippen LogP contribution is 2.50. The van der Waals surface area contributed by atoms with Gasteiger partial charge in [-0.3, -0.25) is 0 Å². The molecule has 15 nitrogen and oxygen atoms in total. The van der Waals surface area contributed by atoms with Crippen LogP contribution in [0.2, 0.25) is 15.5 Å². The molecule has 1 aromatic carbocycles. The van der Waals surface area contributed by atoms with E-state index in [1.165, 1.54) is 10.7 Å². The minimum atomic E-state index is -0.367. The van der Waals surface area contributed by atoms with Gasteiger partial charge in [0.25, 0.3) is 0 Å². The minimum absolute atomic E-state index is 0.0168. The maximum Gasteiger partial charge on any atom is 0.366 e. The zero-order chi connectivity index (χ0) is 26.7. The van der Waals surface area contributed by atoms with Gasteiger partial charge in [-0.05, 0) is 24.6 Å². The molecule has 37 heavy (non-hydrogen) atoms. The summed E-state index contributed by atoms with van der Waals surface area (Å²) in [5.74, 6) is 0.322.